The van der Waals surface area contributed by atoms with E-state index >= 15 is 0 Å². The zero-order chi connectivity index (χ0) is 12.2. The zero-order valence-electron chi connectivity index (χ0n) is 10.1. The summed E-state index contributed by atoms with van der Waals surface area (Å²) in [7, 11) is 0. The first kappa shape index (κ1) is 13.0. The first-order valence-corrected chi connectivity index (χ1v) is 6.08. The summed E-state index contributed by atoms with van der Waals surface area (Å²) in [5, 5.41) is 9.49. The maximum absolute atomic E-state index is 11.6. The van der Waals surface area contributed by atoms with Gasteiger partial charge in [-0.2, -0.15) is 0 Å². The molecule has 1 aliphatic rings. The number of hydrogen-bond acceptors (Lipinski definition) is 2. The monoisotopic (exact) mass is 227 g/mol. The topological polar surface area (TPSA) is 57.6 Å². The van der Waals surface area contributed by atoms with Crippen LogP contribution in [0.3, 0.4) is 0 Å². The Morgan fingerprint density at radius 2 is 2.25 bits per heavy atom. The molecule has 1 rings (SSSR count). The van der Waals surface area contributed by atoms with E-state index in [1.54, 1.807) is 0 Å². The Bertz CT molecular complexity index is 267. The van der Waals surface area contributed by atoms with Crippen molar-refractivity contribution < 1.29 is 14.7 Å². The Kier molecular flexibility index (Phi) is 4.33. The van der Waals surface area contributed by atoms with Gasteiger partial charge >= 0.3 is 5.97 Å². The fourth-order valence-corrected chi connectivity index (χ4v) is 2.97. The summed E-state index contributed by atoms with van der Waals surface area (Å²) in [4.78, 5) is 24.2. The number of carboxylic acids is 1. The maximum Gasteiger partial charge on any atom is 0.329 e. The smallest absolute Gasteiger partial charge is 0.329 e. The van der Waals surface area contributed by atoms with Gasteiger partial charge in [0, 0.05) is 6.54 Å². The molecule has 2 atom stereocenters. The fraction of sp³-hybridized carbons (Fsp3) is 0.833. The lowest BCUT2D eigenvalue weighted by molar-refractivity contribution is -0.158. The Labute approximate surface area is 96.6 Å². The van der Waals surface area contributed by atoms with Crippen molar-refractivity contribution in [3.05, 3.63) is 0 Å². The first-order chi connectivity index (χ1) is 7.63. The largest absolute Gasteiger partial charge is 0.479 e. The number of hydrogen-bond donors (Lipinski definition) is 1. The summed E-state index contributed by atoms with van der Waals surface area (Å²) < 4.78 is 0. The summed E-state index contributed by atoms with van der Waals surface area (Å²) in [5.41, 5.74) is -0.938. The molecule has 1 saturated carbocycles. The Hall–Kier alpha value is -1.06. The molecule has 0 aromatic rings. The Balaban J connectivity index is 3.03. The predicted octanol–water partition coefficient (Wildman–Crippen LogP) is 1.89. The molecule has 2 unspecified atom stereocenters. The van der Waals surface area contributed by atoms with Crippen LogP contribution in [0.4, 0.5) is 0 Å². The molecule has 0 radical (unpaired) electrons. The number of carbonyl (C=O) groups is 2. The molecule has 0 bridgehead atoms. The lowest BCUT2D eigenvalue weighted by Crippen LogP contribution is -2.56. The zero-order valence-corrected chi connectivity index (χ0v) is 10.1. The van der Waals surface area contributed by atoms with E-state index in [9.17, 15) is 14.7 Å². The lowest BCUT2D eigenvalue weighted by atomic mass is 9.83. The highest BCUT2D eigenvalue weighted by molar-refractivity contribution is 5.82. The van der Waals surface area contributed by atoms with Crippen molar-refractivity contribution in [3.8, 4) is 0 Å². The van der Waals surface area contributed by atoms with Gasteiger partial charge in [0.25, 0.3) is 0 Å². The third-order valence-corrected chi connectivity index (χ3v) is 3.75. The van der Waals surface area contributed by atoms with Gasteiger partial charge in [0.05, 0.1) is 0 Å². The number of nitrogens with zero attached hydrogens (tertiary/aromatic N) is 1. The SMILES string of the molecule is CCCN(C=O)C1(C(=O)O)CCCC1CC. The molecule has 0 aromatic carbocycles. The quantitative estimate of drug-likeness (QED) is 0.705. The molecule has 0 heterocycles. The third-order valence-electron chi connectivity index (χ3n) is 3.75. The third kappa shape index (κ3) is 1.93. The minimum atomic E-state index is -0.938. The highest BCUT2D eigenvalue weighted by Gasteiger charge is 2.52. The summed E-state index contributed by atoms with van der Waals surface area (Å²) in [5.74, 6) is -0.737. The van der Waals surface area contributed by atoms with Crippen molar-refractivity contribution in [2.45, 2.75) is 51.5 Å². The van der Waals surface area contributed by atoms with Gasteiger partial charge in [-0.25, -0.2) is 4.79 Å². The second-order valence-electron chi connectivity index (χ2n) is 4.53. The van der Waals surface area contributed by atoms with E-state index in [2.05, 4.69) is 0 Å². The molecule has 16 heavy (non-hydrogen) atoms. The van der Waals surface area contributed by atoms with Crippen molar-refractivity contribution in [2.75, 3.05) is 6.54 Å². The van der Waals surface area contributed by atoms with E-state index in [0.717, 1.165) is 25.7 Å². The minimum Gasteiger partial charge on any atom is -0.479 e. The van der Waals surface area contributed by atoms with Crippen LogP contribution < -0.4 is 0 Å². The second kappa shape index (κ2) is 5.32. The summed E-state index contributed by atoms with van der Waals surface area (Å²) in [6.07, 6.45) is 4.74. The van der Waals surface area contributed by atoms with Crippen LogP contribution in [0.2, 0.25) is 0 Å². The number of carbonyl (C=O) groups excluding carboxylic acids is 1. The average Bonchev–Trinajstić information content (AvgIpc) is 2.70. The van der Waals surface area contributed by atoms with Crippen molar-refractivity contribution in [3.63, 3.8) is 0 Å². The normalized spacial score (nSPS) is 29.0. The van der Waals surface area contributed by atoms with Gasteiger partial charge in [0.1, 0.15) is 5.54 Å². The first-order valence-electron chi connectivity index (χ1n) is 6.08. The highest BCUT2D eigenvalue weighted by Crippen LogP contribution is 2.42. The number of rotatable bonds is 6. The van der Waals surface area contributed by atoms with Gasteiger partial charge in [0.15, 0.2) is 0 Å². The summed E-state index contributed by atoms with van der Waals surface area (Å²) in [6, 6.07) is 0. The van der Waals surface area contributed by atoms with Crippen LogP contribution in [0.5, 0.6) is 0 Å². The van der Waals surface area contributed by atoms with Crippen molar-refractivity contribution in [1.82, 2.24) is 4.90 Å². The van der Waals surface area contributed by atoms with Crippen molar-refractivity contribution >= 4 is 12.4 Å². The molecule has 4 nitrogen and oxygen atoms in total. The standard InChI is InChI=1S/C12H21NO3/c1-3-8-13(9-14)12(11(15)16)7-5-6-10(12)4-2/h9-10H,3-8H2,1-2H3,(H,15,16). The molecule has 0 aromatic heterocycles. The van der Waals surface area contributed by atoms with Gasteiger partial charge in [-0.1, -0.05) is 26.7 Å². The molecule has 4 heteroatoms. The predicted molar refractivity (Wildman–Crippen MR) is 61.1 cm³/mol. The van der Waals surface area contributed by atoms with Crippen LogP contribution in [0.15, 0.2) is 0 Å². The van der Waals surface area contributed by atoms with Gasteiger partial charge in [-0.15, -0.1) is 0 Å². The Morgan fingerprint density at radius 1 is 1.56 bits per heavy atom. The molecule has 0 saturated heterocycles. The van der Waals surface area contributed by atoms with Gasteiger partial charge in [0.2, 0.25) is 6.41 Å². The maximum atomic E-state index is 11.6. The minimum absolute atomic E-state index is 0.0988. The second-order valence-corrected chi connectivity index (χ2v) is 4.53. The number of amides is 1. The molecule has 0 aliphatic heterocycles. The van der Waals surface area contributed by atoms with Gasteiger partial charge < -0.3 is 10.0 Å². The van der Waals surface area contributed by atoms with Crippen LogP contribution in [0.1, 0.15) is 46.0 Å². The lowest BCUT2D eigenvalue weighted by Gasteiger charge is -2.39. The molecule has 1 N–H and O–H groups in total. The van der Waals surface area contributed by atoms with Gasteiger partial charge in [-0.3, -0.25) is 4.79 Å². The van der Waals surface area contributed by atoms with Crippen LogP contribution in [-0.2, 0) is 9.59 Å². The molecule has 92 valence electrons. The van der Waals surface area contributed by atoms with E-state index in [1.807, 2.05) is 13.8 Å². The molecular formula is C12H21NO3. The van der Waals surface area contributed by atoms with Crippen molar-refractivity contribution in [2.24, 2.45) is 5.92 Å². The summed E-state index contributed by atoms with van der Waals surface area (Å²) in [6.45, 7) is 4.50. The van der Waals surface area contributed by atoms with E-state index in [-0.39, 0.29) is 5.92 Å². The van der Waals surface area contributed by atoms with E-state index < -0.39 is 11.5 Å². The molecule has 1 fully saturated rings. The average molecular weight is 227 g/mol. The van der Waals surface area contributed by atoms with E-state index in [0.29, 0.717) is 19.4 Å². The highest BCUT2D eigenvalue weighted by atomic mass is 16.4. The Morgan fingerprint density at radius 3 is 2.69 bits per heavy atom. The van der Waals surface area contributed by atoms with Gasteiger partial charge in [-0.05, 0) is 25.2 Å². The van der Waals surface area contributed by atoms with E-state index in [4.69, 9.17) is 0 Å². The van der Waals surface area contributed by atoms with Crippen LogP contribution in [0.25, 0.3) is 0 Å². The fourth-order valence-electron chi connectivity index (χ4n) is 2.97. The van der Waals surface area contributed by atoms with Crippen LogP contribution in [-0.4, -0.2) is 34.5 Å². The molecular weight excluding hydrogens is 206 g/mol. The van der Waals surface area contributed by atoms with Crippen LogP contribution in [0, 0.1) is 5.92 Å². The number of carboxylic acid groups (broad SMARTS) is 1. The van der Waals surface area contributed by atoms with Crippen LogP contribution >= 0.6 is 0 Å². The number of aliphatic carboxylic acids is 1. The molecule has 1 aliphatic carbocycles. The molecule has 1 amide bonds. The molecule has 0 spiro atoms. The summed E-state index contributed by atoms with van der Waals surface area (Å²) >= 11 is 0. The van der Waals surface area contributed by atoms with Crippen molar-refractivity contribution in [1.29, 1.82) is 0 Å². The van der Waals surface area contributed by atoms with E-state index in [1.165, 1.54) is 4.90 Å².